The van der Waals surface area contributed by atoms with Gasteiger partial charge in [-0.05, 0) is 12.0 Å². The molecule has 1 fully saturated rings. The Kier molecular flexibility index (Phi) is 12.9. The van der Waals surface area contributed by atoms with Crippen molar-refractivity contribution < 1.29 is 49.0 Å². The molecule has 0 aliphatic heterocycles. The summed E-state index contributed by atoms with van der Waals surface area (Å²) < 4.78 is 119. The molecule has 11 nitrogen and oxygen atoms in total. The minimum Gasteiger partial charge on any atom is -0.423 e. The van der Waals surface area contributed by atoms with E-state index < -0.39 is 87.9 Å². The van der Waals surface area contributed by atoms with E-state index in [9.17, 15) is 35.7 Å². The van der Waals surface area contributed by atoms with Gasteiger partial charge in [0, 0.05) is 7.11 Å². The highest BCUT2D eigenvalue weighted by Crippen LogP contribution is 2.49. The van der Waals surface area contributed by atoms with Crippen LogP contribution in [0, 0.1) is 0 Å². The number of allylic oxidation sites excluding steroid dienone is 1. The minimum atomic E-state index is -3.55. The van der Waals surface area contributed by atoms with Crippen LogP contribution in [0.3, 0.4) is 0 Å². The topological polar surface area (TPSA) is 180 Å². The lowest BCUT2D eigenvalue weighted by atomic mass is 10.7. The zero-order valence-electron chi connectivity index (χ0n) is 15.7. The summed E-state index contributed by atoms with van der Waals surface area (Å²) in [6.07, 6.45) is 0.685. The molecule has 0 spiro atoms. The average Bonchev–Trinajstić information content (AvgIpc) is 3.42. The highest BCUT2D eigenvalue weighted by atomic mass is 30.1. The first-order valence-corrected chi connectivity index (χ1v) is 33.9. The molecule has 154 valence electrons. The van der Waals surface area contributed by atoms with Gasteiger partial charge in [-0.1, -0.05) is 25.2 Å². The fourth-order valence-electron chi connectivity index (χ4n) is 2.26. The number of rotatable bonds is 11. The van der Waals surface area contributed by atoms with E-state index in [1.807, 2.05) is 0 Å². The second-order valence-corrected chi connectivity index (χ2v) is 57.0. The van der Waals surface area contributed by atoms with Crippen LogP contribution in [-0.4, -0.2) is 95.0 Å². The Morgan fingerprint density at radius 1 is 0.897 bits per heavy atom. The standard InChI is InChI=1S/C7H16O9Si10.O2Si/c1-6-5-7(6)26(3,4)25(15)24(14)23(13)22(12)21(11)20(10)19(9)18(8)17-16-2;1-3-2/h7H,1,5,17H2,2-4H3;. The Bertz CT molecular complexity index is 884. The second kappa shape index (κ2) is 12.8. The van der Waals surface area contributed by atoms with Gasteiger partial charge in [-0.2, -0.15) is 0 Å². The van der Waals surface area contributed by atoms with Crippen LogP contribution in [0.25, 0.3) is 0 Å². The number of hydrogen-bond donors (Lipinski definition) is 0. The summed E-state index contributed by atoms with van der Waals surface area (Å²) in [6.45, 7) is 7.28. The molecule has 0 aromatic heterocycles. The van der Waals surface area contributed by atoms with Crippen LogP contribution in [0.4, 0.5) is 0 Å². The molecule has 0 saturated heterocycles. The maximum atomic E-state index is 12.6. The Balaban J connectivity index is 0.00000245. The third-order valence-electron chi connectivity index (χ3n) is 4.02. The van der Waals surface area contributed by atoms with Gasteiger partial charge >= 0.3 is 71.0 Å². The zero-order valence-corrected chi connectivity index (χ0v) is 27.1. The summed E-state index contributed by atoms with van der Waals surface area (Å²) in [5, 5.41) is 0. The summed E-state index contributed by atoms with van der Waals surface area (Å²) in [5.74, 6) is 0. The van der Waals surface area contributed by atoms with Crippen LogP contribution in [0.5, 0.6) is 0 Å². The molecule has 0 amide bonds. The molecular formula is C7H16O11Si11. The maximum absolute atomic E-state index is 12.6. The van der Waals surface area contributed by atoms with Crippen molar-refractivity contribution >= 4 is 87.9 Å². The molecule has 0 N–H and O–H groups in total. The molecule has 0 radical (unpaired) electrons. The number of hydrogen-bond acceptors (Lipinski definition) is 11. The van der Waals surface area contributed by atoms with E-state index in [1.165, 1.54) is 7.11 Å². The van der Waals surface area contributed by atoms with Gasteiger partial charge in [-0.25, -0.2) is 0 Å². The molecule has 1 aliphatic rings. The quantitative estimate of drug-likeness (QED) is 0.175. The Morgan fingerprint density at radius 2 is 1.24 bits per heavy atom. The molecular weight excluding hydrogens is 569 g/mol. The zero-order chi connectivity index (χ0) is 23.1. The molecule has 0 aromatic carbocycles. The molecule has 0 aromatic rings. The summed E-state index contributed by atoms with van der Waals surface area (Å²) in [7, 11) is -30.3. The predicted octanol–water partition coefficient (Wildman–Crippen LogP) is -3.36. The van der Waals surface area contributed by atoms with Crippen LogP contribution in [0.15, 0.2) is 12.2 Å². The van der Waals surface area contributed by atoms with Gasteiger partial charge in [0.15, 0.2) is 0 Å². The lowest BCUT2D eigenvalue weighted by Crippen LogP contribution is -2.56. The van der Waals surface area contributed by atoms with E-state index in [0.717, 1.165) is 5.57 Å². The summed E-state index contributed by atoms with van der Waals surface area (Å²) in [5.41, 5.74) is 0.934. The summed E-state index contributed by atoms with van der Waals surface area (Å²) in [6, 6.07) is 0. The first kappa shape index (κ1) is 29.1. The molecule has 22 heteroatoms. The predicted molar refractivity (Wildman–Crippen MR) is 109 cm³/mol. The van der Waals surface area contributed by atoms with E-state index in [-0.39, 0.29) is 5.54 Å². The largest absolute Gasteiger partial charge is 0.549 e. The van der Waals surface area contributed by atoms with E-state index in [0.29, 0.717) is 6.42 Å². The fraction of sp³-hybridized carbons (Fsp3) is 0.714. The second-order valence-electron chi connectivity index (χ2n) is 6.38. The highest BCUT2D eigenvalue weighted by Gasteiger charge is 2.56. The third kappa shape index (κ3) is 7.93. The molecule has 1 atom stereocenters. The molecule has 0 heterocycles. The van der Waals surface area contributed by atoms with Gasteiger partial charge in [0.25, 0.3) is 0 Å². The van der Waals surface area contributed by atoms with Crippen molar-refractivity contribution in [1.29, 1.82) is 0 Å². The molecule has 1 unspecified atom stereocenters. The van der Waals surface area contributed by atoms with Gasteiger partial charge in [-0.15, -0.1) is 0 Å². The van der Waals surface area contributed by atoms with Crippen molar-refractivity contribution in [3.8, 4) is 0 Å². The Labute approximate surface area is 180 Å². The average molecular weight is 585 g/mol. The minimum absolute atomic E-state index is 0.0252. The lowest BCUT2D eigenvalue weighted by Gasteiger charge is -2.16. The van der Waals surface area contributed by atoms with E-state index in [1.54, 1.807) is 13.1 Å². The van der Waals surface area contributed by atoms with Gasteiger partial charge < -0.3 is 40.1 Å². The first-order valence-electron chi connectivity index (χ1n) is 7.78. The van der Waals surface area contributed by atoms with Crippen LogP contribution in [0.1, 0.15) is 6.42 Å². The maximum Gasteiger partial charge on any atom is 0.549 e. The molecule has 1 saturated carbocycles. The van der Waals surface area contributed by atoms with Crippen LogP contribution in [-0.2, 0) is 49.0 Å². The normalized spacial score (nSPS) is 14.9. The molecule has 1 aliphatic carbocycles. The first-order chi connectivity index (χ1) is 13.3. The van der Waals surface area contributed by atoms with Crippen molar-refractivity contribution in [2.24, 2.45) is 0 Å². The smallest absolute Gasteiger partial charge is 0.423 e. The van der Waals surface area contributed by atoms with Crippen molar-refractivity contribution in [2.75, 3.05) is 7.11 Å². The van der Waals surface area contributed by atoms with Crippen molar-refractivity contribution in [1.82, 2.24) is 0 Å². The monoisotopic (exact) mass is 584 g/mol. The summed E-state index contributed by atoms with van der Waals surface area (Å²) >= 11 is 0. The lowest BCUT2D eigenvalue weighted by molar-refractivity contribution is 0.449. The van der Waals surface area contributed by atoms with Crippen LogP contribution in [0.2, 0.25) is 18.6 Å². The van der Waals surface area contributed by atoms with Crippen molar-refractivity contribution in [3.05, 3.63) is 12.2 Å². The molecule has 0 bridgehead atoms. The van der Waals surface area contributed by atoms with Crippen molar-refractivity contribution in [2.45, 2.75) is 25.1 Å². The van der Waals surface area contributed by atoms with Gasteiger partial charge in [0.2, 0.25) is 9.28 Å². The summed E-state index contributed by atoms with van der Waals surface area (Å²) in [4.78, 5) is 0. The van der Waals surface area contributed by atoms with E-state index in [4.69, 9.17) is 8.92 Å². The molecule has 29 heavy (non-hydrogen) atoms. The van der Waals surface area contributed by atoms with Crippen LogP contribution < -0.4 is 0 Å². The van der Waals surface area contributed by atoms with Gasteiger partial charge in [0.1, 0.15) is 7.59 Å². The van der Waals surface area contributed by atoms with Crippen molar-refractivity contribution in [3.63, 3.8) is 0 Å². The van der Waals surface area contributed by atoms with E-state index >= 15 is 0 Å². The van der Waals surface area contributed by atoms with Gasteiger partial charge in [-0.3, -0.25) is 8.92 Å². The fourth-order valence-corrected chi connectivity index (χ4v) is 107. The Hall–Kier alpha value is 0.0857. The third-order valence-corrected chi connectivity index (χ3v) is 79.9. The SMILES string of the molecule is C=C1CC1[Si](C)(C)[Si](=O)[Si](=O)[Si](=O)[Si](=O)[Si](=O)[Si](=O)[Si](=O)[Si](=O)[SiH2]OC.O=[Si]=O. The highest BCUT2D eigenvalue weighted by molar-refractivity contribution is 7.77. The van der Waals surface area contributed by atoms with Crippen LogP contribution >= 0.6 is 0 Å². The molecule has 1 rings (SSSR count). The van der Waals surface area contributed by atoms with Gasteiger partial charge in [0.05, 0.1) is 0 Å². The van der Waals surface area contributed by atoms with E-state index in [2.05, 4.69) is 11.0 Å². The Morgan fingerprint density at radius 3 is 1.59 bits per heavy atom.